The van der Waals surface area contributed by atoms with Crippen molar-refractivity contribution >= 4 is 6.08 Å². The van der Waals surface area contributed by atoms with Crippen LogP contribution in [0.15, 0.2) is 30.3 Å². The smallest absolute Gasteiger partial charge is 0.0178 e. The molecule has 0 bridgehead atoms. The number of rotatable bonds is 15. The van der Waals surface area contributed by atoms with E-state index in [-0.39, 0.29) is 0 Å². The SMILES string of the molecule is CCCCCCCCCCCCCCC/C=C/c1c[c]ccc1. The molecule has 0 spiro atoms. The Labute approximate surface area is 145 Å². The predicted octanol–water partition coefficient (Wildman–Crippen LogP) is 7.98. The minimum Gasteiger partial charge on any atom is -0.0839 e. The van der Waals surface area contributed by atoms with E-state index in [1.165, 1.54) is 95.5 Å². The van der Waals surface area contributed by atoms with Crippen LogP contribution in [0.2, 0.25) is 0 Å². The predicted molar refractivity (Wildman–Crippen MR) is 105 cm³/mol. The van der Waals surface area contributed by atoms with Crippen molar-refractivity contribution in [2.45, 2.75) is 96.8 Å². The summed E-state index contributed by atoms with van der Waals surface area (Å²) >= 11 is 0. The van der Waals surface area contributed by atoms with E-state index >= 15 is 0 Å². The summed E-state index contributed by atoms with van der Waals surface area (Å²) in [7, 11) is 0. The molecule has 1 aromatic rings. The lowest BCUT2D eigenvalue weighted by Gasteiger charge is -2.02. The zero-order valence-corrected chi connectivity index (χ0v) is 15.4. The quantitative estimate of drug-likeness (QED) is 0.288. The maximum Gasteiger partial charge on any atom is -0.0178 e. The van der Waals surface area contributed by atoms with Gasteiger partial charge in [0.05, 0.1) is 0 Å². The summed E-state index contributed by atoms with van der Waals surface area (Å²) in [4.78, 5) is 0. The second-order valence-corrected chi connectivity index (χ2v) is 6.77. The summed E-state index contributed by atoms with van der Waals surface area (Å²) in [5.41, 5.74) is 1.27. The molecule has 0 aliphatic carbocycles. The molecule has 0 N–H and O–H groups in total. The monoisotopic (exact) mass is 313 g/mol. The van der Waals surface area contributed by atoms with Gasteiger partial charge in [-0.1, -0.05) is 114 Å². The van der Waals surface area contributed by atoms with Gasteiger partial charge in [-0.05, 0) is 30.5 Å². The molecule has 0 fully saturated rings. The second kappa shape index (κ2) is 15.8. The zero-order valence-electron chi connectivity index (χ0n) is 15.4. The highest BCUT2D eigenvalue weighted by atomic mass is 14.0. The van der Waals surface area contributed by atoms with Crippen molar-refractivity contribution in [3.8, 4) is 0 Å². The first kappa shape index (κ1) is 20.0. The van der Waals surface area contributed by atoms with Crippen LogP contribution < -0.4 is 0 Å². The number of allylic oxidation sites excluding steroid dienone is 1. The molecule has 0 heterocycles. The fourth-order valence-electron chi connectivity index (χ4n) is 3.01. The van der Waals surface area contributed by atoms with Gasteiger partial charge >= 0.3 is 0 Å². The Balaban J connectivity index is 1.77. The van der Waals surface area contributed by atoms with Gasteiger partial charge < -0.3 is 0 Å². The summed E-state index contributed by atoms with van der Waals surface area (Å²) in [6, 6.07) is 11.3. The lowest BCUT2D eigenvalue weighted by Crippen LogP contribution is -1.82. The van der Waals surface area contributed by atoms with E-state index in [4.69, 9.17) is 0 Å². The van der Waals surface area contributed by atoms with Gasteiger partial charge in [0.2, 0.25) is 0 Å². The Morgan fingerprint density at radius 2 is 1.35 bits per heavy atom. The normalized spacial score (nSPS) is 11.3. The summed E-state index contributed by atoms with van der Waals surface area (Å²) in [6.07, 6.45) is 24.3. The van der Waals surface area contributed by atoms with Crippen molar-refractivity contribution in [1.29, 1.82) is 0 Å². The minimum absolute atomic E-state index is 1.21. The van der Waals surface area contributed by atoms with E-state index < -0.39 is 0 Å². The first-order valence-corrected chi connectivity index (χ1v) is 10.1. The Hall–Kier alpha value is -1.04. The van der Waals surface area contributed by atoms with Crippen molar-refractivity contribution in [2.24, 2.45) is 0 Å². The third kappa shape index (κ3) is 13.1. The molecule has 0 aliphatic heterocycles. The van der Waals surface area contributed by atoms with E-state index in [1.807, 2.05) is 18.2 Å². The van der Waals surface area contributed by atoms with Gasteiger partial charge in [0.15, 0.2) is 0 Å². The average molecular weight is 314 g/mol. The van der Waals surface area contributed by atoms with Crippen LogP contribution in [-0.2, 0) is 0 Å². The van der Waals surface area contributed by atoms with E-state index in [0.29, 0.717) is 0 Å². The minimum atomic E-state index is 1.21. The highest BCUT2D eigenvalue weighted by molar-refractivity contribution is 5.48. The number of hydrogen-bond donors (Lipinski definition) is 0. The summed E-state index contributed by atoms with van der Waals surface area (Å²) in [6.45, 7) is 2.29. The molecule has 0 unspecified atom stereocenters. The Bertz CT molecular complexity index is 363. The Kier molecular flexibility index (Phi) is 13.8. The van der Waals surface area contributed by atoms with E-state index in [9.17, 15) is 0 Å². The van der Waals surface area contributed by atoms with E-state index in [0.717, 1.165) is 0 Å². The van der Waals surface area contributed by atoms with Crippen LogP contribution in [0.4, 0.5) is 0 Å². The van der Waals surface area contributed by atoms with E-state index in [1.54, 1.807) is 0 Å². The van der Waals surface area contributed by atoms with Crippen LogP contribution in [-0.4, -0.2) is 0 Å². The molecule has 0 atom stereocenters. The van der Waals surface area contributed by atoms with Crippen molar-refractivity contribution in [1.82, 2.24) is 0 Å². The molecule has 0 aliphatic rings. The Morgan fingerprint density at radius 1 is 0.783 bits per heavy atom. The molecular weight excluding hydrogens is 276 g/mol. The van der Waals surface area contributed by atoms with Crippen LogP contribution in [0.25, 0.3) is 6.08 Å². The van der Waals surface area contributed by atoms with Crippen LogP contribution in [0, 0.1) is 6.07 Å². The van der Waals surface area contributed by atoms with Crippen LogP contribution in [0.1, 0.15) is 102 Å². The molecular formula is C23H37. The molecule has 0 saturated carbocycles. The lowest BCUT2D eigenvalue weighted by atomic mass is 10.0. The zero-order chi connectivity index (χ0) is 16.4. The highest BCUT2D eigenvalue weighted by Crippen LogP contribution is 2.13. The van der Waals surface area contributed by atoms with Gasteiger partial charge in [-0.15, -0.1) is 0 Å². The van der Waals surface area contributed by atoms with Gasteiger partial charge in [-0.3, -0.25) is 0 Å². The number of unbranched alkanes of at least 4 members (excludes halogenated alkanes) is 13. The van der Waals surface area contributed by atoms with Crippen LogP contribution >= 0.6 is 0 Å². The Morgan fingerprint density at radius 3 is 1.87 bits per heavy atom. The molecule has 0 heteroatoms. The first-order valence-electron chi connectivity index (χ1n) is 10.1. The molecule has 0 aromatic heterocycles. The molecule has 129 valence electrons. The van der Waals surface area contributed by atoms with Gasteiger partial charge in [-0.25, -0.2) is 0 Å². The number of benzene rings is 1. The molecule has 1 aromatic carbocycles. The van der Waals surface area contributed by atoms with Gasteiger partial charge in [-0.2, -0.15) is 0 Å². The third-order valence-electron chi connectivity index (χ3n) is 4.52. The van der Waals surface area contributed by atoms with Crippen LogP contribution in [0.3, 0.4) is 0 Å². The fourth-order valence-corrected chi connectivity index (χ4v) is 3.01. The standard InChI is InChI=1S/C23H37/c1-2-3-4-5-6-7-8-9-10-11-12-13-14-15-17-20-23-21-18-16-19-22-23/h16-18,20-22H,2-15H2,1H3/b20-17+. The molecule has 0 amide bonds. The molecule has 1 radical (unpaired) electrons. The van der Waals surface area contributed by atoms with Gasteiger partial charge in [0.1, 0.15) is 0 Å². The second-order valence-electron chi connectivity index (χ2n) is 6.77. The highest BCUT2D eigenvalue weighted by Gasteiger charge is 1.93. The summed E-state index contributed by atoms with van der Waals surface area (Å²) in [5, 5.41) is 0. The average Bonchev–Trinajstić information content (AvgIpc) is 2.59. The topological polar surface area (TPSA) is 0 Å². The maximum atomic E-state index is 3.11. The maximum absolute atomic E-state index is 3.11. The summed E-state index contributed by atoms with van der Waals surface area (Å²) in [5.74, 6) is 0. The largest absolute Gasteiger partial charge is 0.0839 e. The first-order chi connectivity index (χ1) is 11.4. The molecule has 0 saturated heterocycles. The van der Waals surface area contributed by atoms with Crippen molar-refractivity contribution in [3.63, 3.8) is 0 Å². The lowest BCUT2D eigenvalue weighted by molar-refractivity contribution is 0.540. The van der Waals surface area contributed by atoms with Crippen molar-refractivity contribution < 1.29 is 0 Å². The summed E-state index contributed by atoms with van der Waals surface area (Å²) < 4.78 is 0. The van der Waals surface area contributed by atoms with Crippen molar-refractivity contribution in [3.05, 3.63) is 42.0 Å². The number of hydrogen-bond acceptors (Lipinski definition) is 0. The van der Waals surface area contributed by atoms with Gasteiger partial charge in [0, 0.05) is 0 Å². The van der Waals surface area contributed by atoms with E-state index in [2.05, 4.69) is 31.2 Å². The van der Waals surface area contributed by atoms with Crippen LogP contribution in [0.5, 0.6) is 0 Å². The van der Waals surface area contributed by atoms with Crippen molar-refractivity contribution in [2.75, 3.05) is 0 Å². The molecule has 0 nitrogen and oxygen atoms in total. The molecule has 23 heavy (non-hydrogen) atoms. The molecule has 1 rings (SSSR count). The third-order valence-corrected chi connectivity index (χ3v) is 4.52. The van der Waals surface area contributed by atoms with Gasteiger partial charge in [0.25, 0.3) is 0 Å². The fraction of sp³-hybridized carbons (Fsp3) is 0.652.